The lowest BCUT2D eigenvalue weighted by molar-refractivity contribution is 0.187. The van der Waals surface area contributed by atoms with Gasteiger partial charge in [-0.2, -0.15) is 9.97 Å². The normalized spacial score (nSPS) is 18.7. The summed E-state index contributed by atoms with van der Waals surface area (Å²) in [6.07, 6.45) is 5.23. The molecule has 0 radical (unpaired) electrons. The Morgan fingerprint density at radius 2 is 1.74 bits per heavy atom. The lowest BCUT2D eigenvalue weighted by atomic mass is 9.99. The number of nitrogens with zero attached hydrogens (tertiary/aromatic N) is 6. The highest BCUT2D eigenvalue weighted by atomic mass is 16.5. The van der Waals surface area contributed by atoms with Crippen molar-refractivity contribution in [1.82, 2.24) is 14.9 Å². The fourth-order valence-corrected chi connectivity index (χ4v) is 7.00. The Bertz CT molecular complexity index is 1610. The van der Waals surface area contributed by atoms with Crippen LogP contribution in [0.1, 0.15) is 29.7 Å². The van der Waals surface area contributed by atoms with Gasteiger partial charge in [0.1, 0.15) is 12.4 Å². The Balaban J connectivity index is 1.28. The minimum Gasteiger partial charge on any atom is -0.462 e. The molecule has 0 saturated carbocycles. The molecule has 1 atom stereocenters. The Morgan fingerprint density at radius 3 is 2.55 bits per heavy atom. The van der Waals surface area contributed by atoms with Crippen LogP contribution in [0.2, 0.25) is 0 Å². The standard InChI is InChI=1S/C35H40N6O/c1-4-18-39-21-22-41(31-15-6-5-14-30(31)39)34-28-17-20-40(32-16-8-12-26-11-7-10-25(2)33(26)32)23-29(28)36-35(37-34)42-24-27-13-9-19-38(27)3/h4-8,10-12,14-16,27H,1,9,13,17-24H2,2-3H3/t27-/m0/s1. The van der Waals surface area contributed by atoms with Gasteiger partial charge in [-0.25, -0.2) is 0 Å². The molecule has 0 aliphatic carbocycles. The quantitative estimate of drug-likeness (QED) is 0.253. The first-order valence-electron chi connectivity index (χ1n) is 15.3. The average Bonchev–Trinajstić information content (AvgIpc) is 3.44. The predicted octanol–water partition coefficient (Wildman–Crippen LogP) is 6.12. The van der Waals surface area contributed by atoms with Crippen LogP contribution in [0.4, 0.5) is 22.9 Å². The molecule has 0 amide bonds. The Hall–Kier alpha value is -4.10. The SMILES string of the molecule is C=CCN1CCN(c2nc(OC[C@@H]3CCCN3C)nc3c2CCN(c2cccc4cccc(C)c24)C3)c2ccccc21. The number of rotatable bonds is 7. The number of hydrogen-bond acceptors (Lipinski definition) is 7. The summed E-state index contributed by atoms with van der Waals surface area (Å²) < 4.78 is 6.40. The molecule has 4 aromatic rings. The highest BCUT2D eigenvalue weighted by Crippen LogP contribution is 2.41. The number of likely N-dealkylation sites (tertiary alicyclic amines) is 1. The van der Waals surface area contributed by atoms with Crippen molar-refractivity contribution in [2.24, 2.45) is 0 Å². The van der Waals surface area contributed by atoms with Crippen LogP contribution in [0.15, 0.2) is 73.3 Å². The second-order valence-electron chi connectivity index (χ2n) is 11.8. The number of benzene rings is 3. The van der Waals surface area contributed by atoms with Crippen molar-refractivity contribution in [2.45, 2.75) is 38.8 Å². The van der Waals surface area contributed by atoms with Gasteiger partial charge >= 0.3 is 6.01 Å². The van der Waals surface area contributed by atoms with Gasteiger partial charge in [-0.15, -0.1) is 6.58 Å². The number of para-hydroxylation sites is 2. The lowest BCUT2D eigenvalue weighted by Crippen LogP contribution is -2.40. The molecule has 7 rings (SSSR count). The largest absolute Gasteiger partial charge is 0.462 e. The van der Waals surface area contributed by atoms with E-state index in [0.29, 0.717) is 18.7 Å². The Morgan fingerprint density at radius 1 is 0.929 bits per heavy atom. The number of aromatic nitrogens is 2. The third-order valence-electron chi connectivity index (χ3n) is 9.24. The van der Waals surface area contributed by atoms with Gasteiger partial charge in [0, 0.05) is 48.9 Å². The summed E-state index contributed by atoms with van der Waals surface area (Å²) in [6.45, 7) is 12.2. The molecule has 7 heteroatoms. The number of anilines is 4. The zero-order valence-electron chi connectivity index (χ0n) is 24.8. The minimum atomic E-state index is 0.409. The molecule has 1 saturated heterocycles. The molecule has 0 N–H and O–H groups in total. The van der Waals surface area contributed by atoms with Gasteiger partial charge in [-0.1, -0.05) is 48.5 Å². The maximum absolute atomic E-state index is 6.40. The van der Waals surface area contributed by atoms with E-state index in [9.17, 15) is 0 Å². The van der Waals surface area contributed by atoms with Crippen LogP contribution < -0.4 is 19.4 Å². The average molecular weight is 561 g/mol. The van der Waals surface area contributed by atoms with Crippen LogP contribution in [-0.4, -0.2) is 67.3 Å². The van der Waals surface area contributed by atoms with Crippen molar-refractivity contribution in [3.63, 3.8) is 0 Å². The van der Waals surface area contributed by atoms with Crippen LogP contribution in [0.5, 0.6) is 6.01 Å². The summed E-state index contributed by atoms with van der Waals surface area (Å²) in [4.78, 5) is 19.9. The molecule has 0 bridgehead atoms. The van der Waals surface area contributed by atoms with Gasteiger partial charge in [0.05, 0.1) is 23.6 Å². The monoisotopic (exact) mass is 560 g/mol. The van der Waals surface area contributed by atoms with E-state index in [1.165, 1.54) is 45.4 Å². The highest BCUT2D eigenvalue weighted by molar-refractivity contribution is 5.97. The molecular formula is C35H40N6O. The third kappa shape index (κ3) is 4.86. The molecule has 42 heavy (non-hydrogen) atoms. The first kappa shape index (κ1) is 26.8. The van der Waals surface area contributed by atoms with Gasteiger partial charge in [0.15, 0.2) is 0 Å². The molecule has 7 nitrogen and oxygen atoms in total. The summed E-state index contributed by atoms with van der Waals surface area (Å²) in [5.74, 6) is 0.995. The molecular weight excluding hydrogens is 520 g/mol. The highest BCUT2D eigenvalue weighted by Gasteiger charge is 2.31. The Kier molecular flexibility index (Phi) is 7.20. The molecule has 0 spiro atoms. The minimum absolute atomic E-state index is 0.409. The van der Waals surface area contributed by atoms with Crippen molar-refractivity contribution < 1.29 is 4.74 Å². The van der Waals surface area contributed by atoms with Gasteiger partial charge in [0.25, 0.3) is 0 Å². The van der Waals surface area contributed by atoms with E-state index in [1.807, 2.05) is 6.08 Å². The first-order valence-corrected chi connectivity index (χ1v) is 15.3. The second-order valence-corrected chi connectivity index (χ2v) is 11.8. The topological polar surface area (TPSA) is 48.0 Å². The summed E-state index contributed by atoms with van der Waals surface area (Å²) in [5.41, 5.74) is 7.28. The maximum Gasteiger partial charge on any atom is 0.318 e. The number of ether oxygens (including phenoxy) is 1. The number of fused-ring (bicyclic) bond motifs is 3. The summed E-state index contributed by atoms with van der Waals surface area (Å²) >= 11 is 0. The van der Waals surface area contributed by atoms with E-state index >= 15 is 0 Å². The van der Waals surface area contributed by atoms with Gasteiger partial charge < -0.3 is 24.3 Å². The zero-order valence-corrected chi connectivity index (χ0v) is 24.8. The molecule has 3 aliphatic rings. The first-order chi connectivity index (χ1) is 20.6. The summed E-state index contributed by atoms with van der Waals surface area (Å²) in [5, 5.41) is 2.60. The molecule has 3 aliphatic heterocycles. The van der Waals surface area contributed by atoms with Gasteiger partial charge in [-0.05, 0) is 68.9 Å². The smallest absolute Gasteiger partial charge is 0.318 e. The van der Waals surface area contributed by atoms with Crippen LogP contribution in [0, 0.1) is 6.92 Å². The van der Waals surface area contributed by atoms with E-state index in [-0.39, 0.29) is 0 Å². The summed E-state index contributed by atoms with van der Waals surface area (Å²) in [6, 6.07) is 22.7. The van der Waals surface area contributed by atoms with Crippen molar-refractivity contribution in [2.75, 3.05) is 61.1 Å². The van der Waals surface area contributed by atoms with Crippen LogP contribution in [-0.2, 0) is 13.0 Å². The number of aryl methyl sites for hydroxylation is 1. The fourth-order valence-electron chi connectivity index (χ4n) is 7.00. The second kappa shape index (κ2) is 11.3. The van der Waals surface area contributed by atoms with Gasteiger partial charge in [0.2, 0.25) is 0 Å². The van der Waals surface area contributed by atoms with Crippen molar-refractivity contribution in [3.8, 4) is 6.01 Å². The lowest BCUT2D eigenvalue weighted by Gasteiger charge is -2.40. The van der Waals surface area contributed by atoms with Gasteiger partial charge in [-0.3, -0.25) is 0 Å². The van der Waals surface area contributed by atoms with Crippen LogP contribution >= 0.6 is 0 Å². The maximum atomic E-state index is 6.40. The van der Waals surface area contributed by atoms with E-state index in [4.69, 9.17) is 14.7 Å². The zero-order chi connectivity index (χ0) is 28.6. The van der Waals surface area contributed by atoms with E-state index in [0.717, 1.165) is 63.6 Å². The molecule has 4 heterocycles. The number of likely N-dealkylation sites (N-methyl/N-ethyl adjacent to an activating group) is 1. The molecule has 1 fully saturated rings. The fraction of sp³-hybridized carbons (Fsp3) is 0.371. The van der Waals surface area contributed by atoms with Crippen molar-refractivity contribution in [3.05, 3.63) is 90.1 Å². The molecule has 1 aromatic heterocycles. The van der Waals surface area contributed by atoms with E-state index in [2.05, 4.69) is 101 Å². The van der Waals surface area contributed by atoms with Crippen LogP contribution in [0.3, 0.4) is 0 Å². The molecule has 216 valence electrons. The third-order valence-corrected chi connectivity index (χ3v) is 9.24. The van der Waals surface area contributed by atoms with Crippen LogP contribution in [0.25, 0.3) is 10.8 Å². The molecule has 3 aromatic carbocycles. The van der Waals surface area contributed by atoms with Crippen molar-refractivity contribution >= 4 is 33.7 Å². The Labute approximate surface area is 249 Å². The number of hydrogen-bond donors (Lipinski definition) is 0. The van der Waals surface area contributed by atoms with E-state index < -0.39 is 0 Å². The van der Waals surface area contributed by atoms with E-state index in [1.54, 1.807) is 0 Å². The molecule has 0 unspecified atom stereocenters. The predicted molar refractivity (Wildman–Crippen MR) is 172 cm³/mol. The van der Waals surface area contributed by atoms with Crippen molar-refractivity contribution in [1.29, 1.82) is 0 Å². The summed E-state index contributed by atoms with van der Waals surface area (Å²) in [7, 11) is 2.18.